The molecule has 4 heteroatoms. The van der Waals surface area contributed by atoms with Gasteiger partial charge in [-0.25, -0.2) is 9.97 Å². The Balaban J connectivity index is 2.54. The first-order valence-electron chi connectivity index (χ1n) is 5.35. The maximum absolute atomic E-state index is 5.98. The van der Waals surface area contributed by atoms with Gasteiger partial charge in [0.25, 0.3) is 0 Å². The van der Waals surface area contributed by atoms with Crippen LogP contribution in [-0.2, 0) is 0 Å². The topological polar surface area (TPSA) is 61.0 Å². The fourth-order valence-electron chi connectivity index (χ4n) is 1.74. The summed E-state index contributed by atoms with van der Waals surface area (Å²) in [5, 5.41) is 0. The van der Waals surface area contributed by atoms with Crippen LogP contribution in [0.2, 0.25) is 0 Å². The summed E-state index contributed by atoms with van der Waals surface area (Å²) >= 11 is 0. The molecule has 4 nitrogen and oxygen atoms in total. The van der Waals surface area contributed by atoms with Crippen LogP contribution in [0.3, 0.4) is 0 Å². The summed E-state index contributed by atoms with van der Waals surface area (Å²) in [6, 6.07) is 5.88. The second-order valence-electron chi connectivity index (χ2n) is 3.91. The van der Waals surface area contributed by atoms with Crippen LogP contribution in [0.15, 0.2) is 24.5 Å². The number of nitrogens with two attached hydrogens (primary N) is 1. The highest BCUT2D eigenvalue weighted by molar-refractivity contribution is 5.74. The van der Waals surface area contributed by atoms with Gasteiger partial charge in [-0.05, 0) is 37.6 Å². The molecule has 0 aliphatic carbocycles. The lowest BCUT2D eigenvalue weighted by molar-refractivity contribution is 0.412. The van der Waals surface area contributed by atoms with Crippen molar-refractivity contribution in [1.82, 2.24) is 9.97 Å². The van der Waals surface area contributed by atoms with Crippen LogP contribution in [0.4, 0.5) is 5.69 Å². The monoisotopic (exact) mass is 229 g/mol. The van der Waals surface area contributed by atoms with Crippen molar-refractivity contribution in [3.63, 3.8) is 0 Å². The molecule has 0 saturated heterocycles. The van der Waals surface area contributed by atoms with Crippen molar-refractivity contribution in [1.29, 1.82) is 0 Å². The molecule has 0 bridgehead atoms. The summed E-state index contributed by atoms with van der Waals surface area (Å²) in [7, 11) is 1.66. The Labute approximate surface area is 100 Å². The van der Waals surface area contributed by atoms with Crippen LogP contribution >= 0.6 is 0 Å². The normalized spacial score (nSPS) is 10.3. The van der Waals surface area contributed by atoms with Crippen LogP contribution < -0.4 is 10.5 Å². The van der Waals surface area contributed by atoms with Crippen LogP contribution in [0.1, 0.15) is 11.3 Å². The first kappa shape index (κ1) is 11.4. The van der Waals surface area contributed by atoms with E-state index in [0.29, 0.717) is 5.69 Å². The zero-order valence-corrected chi connectivity index (χ0v) is 10.2. The van der Waals surface area contributed by atoms with E-state index < -0.39 is 0 Å². The third kappa shape index (κ3) is 2.06. The Morgan fingerprint density at radius 2 is 1.94 bits per heavy atom. The SMILES string of the molecule is COc1ccc(-c2ncnc(C)c2N)cc1C. The number of hydrogen-bond acceptors (Lipinski definition) is 4. The number of nitrogen functional groups attached to an aromatic ring is 1. The van der Waals surface area contributed by atoms with E-state index in [1.807, 2.05) is 32.0 Å². The van der Waals surface area contributed by atoms with Gasteiger partial charge >= 0.3 is 0 Å². The Hall–Kier alpha value is -2.10. The third-order valence-corrected chi connectivity index (χ3v) is 2.75. The number of aromatic nitrogens is 2. The highest BCUT2D eigenvalue weighted by Crippen LogP contribution is 2.28. The van der Waals surface area contributed by atoms with Crippen molar-refractivity contribution in [2.75, 3.05) is 12.8 Å². The van der Waals surface area contributed by atoms with Gasteiger partial charge in [-0.1, -0.05) is 0 Å². The molecule has 88 valence electrons. The first-order valence-corrected chi connectivity index (χ1v) is 5.35. The minimum atomic E-state index is 0.622. The molecule has 1 aromatic heterocycles. The fraction of sp³-hybridized carbons (Fsp3) is 0.231. The smallest absolute Gasteiger partial charge is 0.121 e. The van der Waals surface area contributed by atoms with Gasteiger partial charge in [0, 0.05) is 5.56 Å². The lowest BCUT2D eigenvalue weighted by atomic mass is 10.1. The largest absolute Gasteiger partial charge is 0.496 e. The fourth-order valence-corrected chi connectivity index (χ4v) is 1.74. The molecular formula is C13H15N3O. The predicted octanol–water partition coefficient (Wildman–Crippen LogP) is 2.35. The highest BCUT2D eigenvalue weighted by atomic mass is 16.5. The summed E-state index contributed by atoms with van der Waals surface area (Å²) in [5.74, 6) is 0.859. The van der Waals surface area contributed by atoms with Crippen LogP contribution in [0, 0.1) is 13.8 Å². The number of nitrogens with zero attached hydrogens (tertiary/aromatic N) is 2. The average molecular weight is 229 g/mol. The van der Waals surface area contributed by atoms with Crippen molar-refractivity contribution >= 4 is 5.69 Å². The molecule has 1 heterocycles. The molecule has 17 heavy (non-hydrogen) atoms. The first-order chi connectivity index (χ1) is 8.13. The number of hydrogen-bond donors (Lipinski definition) is 1. The minimum absolute atomic E-state index is 0.622. The van der Waals surface area contributed by atoms with E-state index in [-0.39, 0.29) is 0 Å². The maximum atomic E-state index is 5.98. The van der Waals surface area contributed by atoms with Gasteiger partial charge in [0.15, 0.2) is 0 Å². The Morgan fingerprint density at radius 3 is 2.59 bits per heavy atom. The van der Waals surface area contributed by atoms with E-state index in [2.05, 4.69) is 9.97 Å². The number of methoxy groups -OCH3 is 1. The van der Waals surface area contributed by atoms with Gasteiger partial charge in [0.2, 0.25) is 0 Å². The second-order valence-corrected chi connectivity index (χ2v) is 3.91. The zero-order chi connectivity index (χ0) is 12.4. The molecule has 0 amide bonds. The summed E-state index contributed by atoms with van der Waals surface area (Å²) in [5.41, 5.74) is 10.2. The van der Waals surface area contributed by atoms with E-state index in [0.717, 1.165) is 28.3 Å². The van der Waals surface area contributed by atoms with E-state index in [1.165, 1.54) is 6.33 Å². The third-order valence-electron chi connectivity index (χ3n) is 2.75. The second kappa shape index (κ2) is 4.41. The number of ether oxygens (including phenoxy) is 1. The van der Waals surface area contributed by atoms with Gasteiger partial charge in [0.1, 0.15) is 12.1 Å². The van der Waals surface area contributed by atoms with Crippen LogP contribution in [-0.4, -0.2) is 17.1 Å². The molecule has 1 aromatic carbocycles. The van der Waals surface area contributed by atoms with Crippen LogP contribution in [0.5, 0.6) is 5.75 Å². The Morgan fingerprint density at radius 1 is 1.18 bits per heavy atom. The van der Waals surface area contributed by atoms with Gasteiger partial charge in [-0.2, -0.15) is 0 Å². The van der Waals surface area contributed by atoms with Gasteiger partial charge in [-0.3, -0.25) is 0 Å². The zero-order valence-electron chi connectivity index (χ0n) is 10.2. The van der Waals surface area contributed by atoms with Crippen molar-refractivity contribution in [2.24, 2.45) is 0 Å². The van der Waals surface area contributed by atoms with Crippen molar-refractivity contribution in [2.45, 2.75) is 13.8 Å². The van der Waals surface area contributed by atoms with Gasteiger partial charge in [-0.15, -0.1) is 0 Å². The molecule has 0 aliphatic heterocycles. The van der Waals surface area contributed by atoms with Gasteiger partial charge < -0.3 is 10.5 Å². The summed E-state index contributed by atoms with van der Waals surface area (Å²) < 4.78 is 5.23. The molecule has 0 saturated carbocycles. The molecule has 0 radical (unpaired) electrons. The van der Waals surface area contributed by atoms with Crippen molar-refractivity contribution in [3.8, 4) is 17.0 Å². The standard InChI is InChI=1S/C13H15N3O/c1-8-6-10(4-5-11(8)17-3)13-12(14)9(2)15-7-16-13/h4-7H,14H2,1-3H3. The quantitative estimate of drug-likeness (QED) is 0.858. The molecule has 0 spiro atoms. The van der Waals surface area contributed by atoms with E-state index in [9.17, 15) is 0 Å². The van der Waals surface area contributed by atoms with Crippen molar-refractivity contribution < 1.29 is 4.74 Å². The Bertz CT molecular complexity index is 552. The van der Waals surface area contributed by atoms with Crippen molar-refractivity contribution in [3.05, 3.63) is 35.8 Å². The summed E-state index contributed by atoms with van der Waals surface area (Å²) in [6.45, 7) is 3.86. The molecule has 0 aliphatic rings. The molecule has 0 unspecified atom stereocenters. The highest BCUT2D eigenvalue weighted by Gasteiger charge is 2.08. The number of anilines is 1. The number of rotatable bonds is 2. The van der Waals surface area contributed by atoms with E-state index in [1.54, 1.807) is 7.11 Å². The Kier molecular flexibility index (Phi) is 2.95. The number of aryl methyl sites for hydroxylation is 2. The molecule has 2 N–H and O–H groups in total. The predicted molar refractivity (Wildman–Crippen MR) is 67.9 cm³/mol. The molecule has 0 atom stereocenters. The number of benzene rings is 1. The van der Waals surface area contributed by atoms with Crippen LogP contribution in [0.25, 0.3) is 11.3 Å². The average Bonchev–Trinajstić information content (AvgIpc) is 2.32. The summed E-state index contributed by atoms with van der Waals surface area (Å²) in [4.78, 5) is 8.29. The van der Waals surface area contributed by atoms with E-state index in [4.69, 9.17) is 10.5 Å². The molecule has 0 fully saturated rings. The molecule has 2 aromatic rings. The molecule has 2 rings (SSSR count). The van der Waals surface area contributed by atoms with Gasteiger partial charge in [0.05, 0.1) is 24.2 Å². The summed E-state index contributed by atoms with van der Waals surface area (Å²) in [6.07, 6.45) is 1.53. The van der Waals surface area contributed by atoms with E-state index >= 15 is 0 Å². The maximum Gasteiger partial charge on any atom is 0.121 e. The lowest BCUT2D eigenvalue weighted by Crippen LogP contribution is -1.99. The lowest BCUT2D eigenvalue weighted by Gasteiger charge is -2.09. The molecular weight excluding hydrogens is 214 g/mol. The minimum Gasteiger partial charge on any atom is -0.496 e.